The lowest BCUT2D eigenvalue weighted by Gasteiger charge is -2.50. The average Bonchev–Trinajstić information content (AvgIpc) is 2.85. The van der Waals surface area contributed by atoms with Gasteiger partial charge in [0.1, 0.15) is 5.75 Å². The molecule has 1 aromatic carbocycles. The van der Waals surface area contributed by atoms with Crippen LogP contribution in [0.4, 0.5) is 0 Å². The van der Waals surface area contributed by atoms with E-state index in [1.165, 1.54) is 11.1 Å². The van der Waals surface area contributed by atoms with Crippen LogP contribution in [0.1, 0.15) is 69.9 Å². The lowest BCUT2D eigenvalue weighted by atomic mass is 9.55. The number of fused-ring (bicyclic) bond motifs is 5. The summed E-state index contributed by atoms with van der Waals surface area (Å²) in [6, 6.07) is 5.84. The molecule has 148 valence electrons. The fourth-order valence-corrected chi connectivity index (χ4v) is 6.44. The molecule has 0 bridgehead atoms. The van der Waals surface area contributed by atoms with Crippen LogP contribution in [0.5, 0.6) is 5.75 Å². The average molecular weight is 373 g/mol. The molecule has 0 aliphatic heterocycles. The molecule has 2 fully saturated rings. The molecule has 4 heteroatoms. The Morgan fingerprint density at radius 3 is 2.85 bits per heavy atom. The van der Waals surface area contributed by atoms with Gasteiger partial charge in [0.25, 0.3) is 0 Å². The number of aliphatic hydroxyl groups is 1. The maximum absolute atomic E-state index is 12.2. The van der Waals surface area contributed by atoms with E-state index < -0.39 is 6.10 Å². The van der Waals surface area contributed by atoms with Crippen LogP contribution in [0.2, 0.25) is 0 Å². The zero-order chi connectivity index (χ0) is 19.3. The summed E-state index contributed by atoms with van der Waals surface area (Å²) in [6.45, 7) is 5.97. The van der Waals surface area contributed by atoms with Gasteiger partial charge in [-0.1, -0.05) is 13.0 Å². The highest BCUT2D eigenvalue weighted by molar-refractivity contribution is 5.70. The highest BCUT2D eigenvalue weighted by Crippen LogP contribution is 2.62. The molecule has 3 aliphatic carbocycles. The predicted octanol–water partition coefficient (Wildman–Crippen LogP) is 4.18. The lowest BCUT2D eigenvalue weighted by Crippen LogP contribution is -2.44. The van der Waals surface area contributed by atoms with Crippen molar-refractivity contribution in [3.63, 3.8) is 0 Å². The SMILES string of the molecule is CC(C)OC(=O)CC1CC2C3CCc4cc(O)ccc4C3CC[C@]2(C)[C@H]1O. The van der Waals surface area contributed by atoms with Gasteiger partial charge in [-0.3, -0.25) is 4.79 Å². The van der Waals surface area contributed by atoms with Crippen molar-refractivity contribution in [3.8, 4) is 5.75 Å². The van der Waals surface area contributed by atoms with Crippen LogP contribution in [0.15, 0.2) is 18.2 Å². The number of ether oxygens (including phenoxy) is 1. The van der Waals surface area contributed by atoms with Crippen LogP contribution < -0.4 is 0 Å². The van der Waals surface area contributed by atoms with E-state index in [9.17, 15) is 15.0 Å². The van der Waals surface area contributed by atoms with Gasteiger partial charge in [0, 0.05) is 0 Å². The third-order valence-electron chi connectivity index (χ3n) is 7.62. The van der Waals surface area contributed by atoms with E-state index in [1.807, 2.05) is 26.0 Å². The number of hydrogen-bond donors (Lipinski definition) is 2. The van der Waals surface area contributed by atoms with Gasteiger partial charge in [0.2, 0.25) is 0 Å². The predicted molar refractivity (Wildman–Crippen MR) is 103 cm³/mol. The first-order valence-electron chi connectivity index (χ1n) is 10.5. The third-order valence-corrected chi connectivity index (χ3v) is 7.62. The minimum Gasteiger partial charge on any atom is -0.508 e. The second-order valence-electron chi connectivity index (χ2n) is 9.53. The molecule has 0 saturated heterocycles. The molecular formula is C23H32O4. The number of aliphatic hydroxyl groups excluding tert-OH is 1. The quantitative estimate of drug-likeness (QED) is 0.781. The molecule has 2 saturated carbocycles. The fourth-order valence-electron chi connectivity index (χ4n) is 6.44. The van der Waals surface area contributed by atoms with Gasteiger partial charge in [-0.25, -0.2) is 0 Å². The van der Waals surface area contributed by atoms with Gasteiger partial charge >= 0.3 is 5.97 Å². The van der Waals surface area contributed by atoms with Crippen LogP contribution in [0.25, 0.3) is 0 Å². The van der Waals surface area contributed by atoms with Gasteiger partial charge in [0.05, 0.1) is 18.6 Å². The van der Waals surface area contributed by atoms with Crippen molar-refractivity contribution < 1.29 is 19.7 Å². The fraction of sp³-hybridized carbons (Fsp3) is 0.696. The zero-order valence-electron chi connectivity index (χ0n) is 16.6. The van der Waals surface area contributed by atoms with E-state index in [4.69, 9.17) is 4.74 Å². The van der Waals surface area contributed by atoms with Crippen LogP contribution in [0.3, 0.4) is 0 Å². The highest BCUT2D eigenvalue weighted by Gasteiger charge is 2.58. The second-order valence-corrected chi connectivity index (χ2v) is 9.53. The Hall–Kier alpha value is -1.55. The number of carbonyl (C=O) groups excluding carboxylic acids is 1. The number of benzene rings is 1. The van der Waals surface area contributed by atoms with E-state index in [0.29, 0.717) is 29.9 Å². The summed E-state index contributed by atoms with van der Waals surface area (Å²) in [5.41, 5.74) is 2.58. The molecule has 6 atom stereocenters. The number of aryl methyl sites for hydroxylation is 1. The van der Waals surface area contributed by atoms with Crippen molar-refractivity contribution in [3.05, 3.63) is 29.3 Å². The highest BCUT2D eigenvalue weighted by atomic mass is 16.5. The number of hydrogen-bond acceptors (Lipinski definition) is 4. The summed E-state index contributed by atoms with van der Waals surface area (Å²) in [4.78, 5) is 12.2. The first kappa shape index (κ1) is 18.8. The number of phenolic OH excluding ortho intramolecular Hbond substituents is 1. The van der Waals surface area contributed by atoms with Crippen molar-refractivity contribution >= 4 is 5.97 Å². The number of phenols is 1. The Balaban J connectivity index is 1.55. The van der Waals surface area contributed by atoms with E-state index >= 15 is 0 Å². The van der Waals surface area contributed by atoms with Gasteiger partial charge < -0.3 is 14.9 Å². The first-order valence-corrected chi connectivity index (χ1v) is 10.5. The topological polar surface area (TPSA) is 66.8 Å². The Bertz CT molecular complexity index is 727. The molecule has 0 spiro atoms. The molecule has 0 aromatic heterocycles. The summed E-state index contributed by atoms with van der Waals surface area (Å²) in [5, 5.41) is 20.9. The van der Waals surface area contributed by atoms with E-state index in [1.54, 1.807) is 0 Å². The summed E-state index contributed by atoms with van der Waals surface area (Å²) < 4.78 is 5.34. The van der Waals surface area contributed by atoms with Gasteiger partial charge in [0.15, 0.2) is 0 Å². The monoisotopic (exact) mass is 372 g/mol. The Kier molecular flexibility index (Phi) is 4.74. The van der Waals surface area contributed by atoms with Crippen LogP contribution in [0, 0.1) is 23.2 Å². The number of rotatable bonds is 3. The molecule has 1 aromatic rings. The molecule has 4 rings (SSSR count). The summed E-state index contributed by atoms with van der Waals surface area (Å²) in [6.07, 6.45) is 4.89. The van der Waals surface area contributed by atoms with Crippen molar-refractivity contribution in [1.29, 1.82) is 0 Å². The molecule has 0 amide bonds. The van der Waals surface area contributed by atoms with E-state index in [-0.39, 0.29) is 23.4 Å². The largest absolute Gasteiger partial charge is 0.508 e. The summed E-state index contributed by atoms with van der Waals surface area (Å²) in [7, 11) is 0. The minimum absolute atomic E-state index is 0.00575. The Morgan fingerprint density at radius 2 is 2.11 bits per heavy atom. The van der Waals surface area contributed by atoms with Crippen molar-refractivity contribution in [2.75, 3.05) is 0 Å². The van der Waals surface area contributed by atoms with Crippen molar-refractivity contribution in [2.24, 2.45) is 23.2 Å². The molecule has 27 heavy (non-hydrogen) atoms. The Labute approximate surface area is 161 Å². The number of esters is 1. The Morgan fingerprint density at radius 1 is 1.33 bits per heavy atom. The number of aromatic hydroxyl groups is 1. The smallest absolute Gasteiger partial charge is 0.306 e. The van der Waals surface area contributed by atoms with E-state index in [0.717, 1.165) is 32.1 Å². The van der Waals surface area contributed by atoms with Crippen LogP contribution >= 0.6 is 0 Å². The maximum atomic E-state index is 12.2. The zero-order valence-corrected chi connectivity index (χ0v) is 16.6. The van der Waals surface area contributed by atoms with Crippen LogP contribution in [-0.4, -0.2) is 28.4 Å². The maximum Gasteiger partial charge on any atom is 0.306 e. The normalized spacial score (nSPS) is 37.4. The molecule has 4 nitrogen and oxygen atoms in total. The first-order chi connectivity index (χ1) is 12.8. The molecule has 0 radical (unpaired) electrons. The van der Waals surface area contributed by atoms with Gasteiger partial charge in [-0.2, -0.15) is 0 Å². The van der Waals surface area contributed by atoms with E-state index in [2.05, 4.69) is 13.0 Å². The lowest BCUT2D eigenvalue weighted by molar-refractivity contribution is -0.149. The third kappa shape index (κ3) is 3.16. The summed E-state index contributed by atoms with van der Waals surface area (Å²) in [5.74, 6) is 1.70. The minimum atomic E-state index is -0.427. The van der Waals surface area contributed by atoms with Gasteiger partial charge in [-0.05, 0) is 98.3 Å². The summed E-state index contributed by atoms with van der Waals surface area (Å²) >= 11 is 0. The van der Waals surface area contributed by atoms with Gasteiger partial charge in [-0.15, -0.1) is 0 Å². The van der Waals surface area contributed by atoms with Crippen molar-refractivity contribution in [2.45, 2.75) is 77.4 Å². The van der Waals surface area contributed by atoms with Crippen molar-refractivity contribution in [1.82, 2.24) is 0 Å². The van der Waals surface area contributed by atoms with Crippen LogP contribution in [-0.2, 0) is 16.0 Å². The second kappa shape index (κ2) is 6.80. The molecular weight excluding hydrogens is 340 g/mol. The molecule has 0 heterocycles. The molecule has 3 aliphatic rings. The number of carbonyl (C=O) groups is 1. The molecule has 2 N–H and O–H groups in total. The standard InChI is InChI=1S/C23H32O4/c1-13(2)27-21(25)12-15-11-20-19-6-4-14-10-16(24)5-7-17(14)18(19)8-9-23(20,3)22(15)26/h5,7,10,13,15,18-20,22,24,26H,4,6,8-9,11-12H2,1-3H3/t15?,18?,19?,20?,22-,23-/m0/s1. The molecule has 4 unspecified atom stereocenters.